The largest absolute Gasteiger partial charge is 0.473 e. The Hall–Kier alpha value is -1.49. The molecule has 0 spiro atoms. The molecule has 2 aromatic carbocycles. The number of rotatable bonds is 7. The highest BCUT2D eigenvalue weighted by atomic mass is 31.2. The SMILES string of the molecule is O=P(O)(OCCO)OC(c1ccccc1)c1ccccc1. The van der Waals surface area contributed by atoms with Crippen LogP contribution in [0.5, 0.6) is 0 Å². The van der Waals surface area contributed by atoms with Gasteiger partial charge in [0.05, 0.1) is 13.2 Å². The fourth-order valence-corrected chi connectivity index (χ4v) is 2.77. The normalized spacial score (nSPS) is 14.0. The van der Waals surface area contributed by atoms with Crippen LogP contribution in [0.25, 0.3) is 0 Å². The lowest BCUT2D eigenvalue weighted by atomic mass is 10.0. The smallest absolute Gasteiger partial charge is 0.394 e. The van der Waals surface area contributed by atoms with Gasteiger partial charge in [-0.1, -0.05) is 60.7 Å². The first-order valence-electron chi connectivity index (χ1n) is 6.49. The quantitative estimate of drug-likeness (QED) is 0.769. The van der Waals surface area contributed by atoms with Crippen molar-refractivity contribution >= 4 is 7.82 Å². The maximum absolute atomic E-state index is 11.9. The molecule has 2 aromatic rings. The Kier molecular flexibility index (Phi) is 5.67. The highest BCUT2D eigenvalue weighted by Gasteiger charge is 2.28. The second kappa shape index (κ2) is 7.50. The molecule has 21 heavy (non-hydrogen) atoms. The van der Waals surface area contributed by atoms with Crippen LogP contribution in [0, 0.1) is 0 Å². The second-order valence-corrected chi connectivity index (χ2v) is 5.74. The van der Waals surface area contributed by atoms with Crippen molar-refractivity contribution in [1.29, 1.82) is 0 Å². The molecule has 0 aromatic heterocycles. The Morgan fingerprint density at radius 1 is 0.952 bits per heavy atom. The molecular formula is C15H17O5P. The Bertz CT molecular complexity index is 548. The van der Waals surface area contributed by atoms with Crippen molar-refractivity contribution in [3.63, 3.8) is 0 Å². The van der Waals surface area contributed by atoms with Crippen molar-refractivity contribution in [2.45, 2.75) is 6.10 Å². The van der Waals surface area contributed by atoms with Gasteiger partial charge in [-0.3, -0.25) is 9.05 Å². The van der Waals surface area contributed by atoms with E-state index < -0.39 is 13.9 Å². The van der Waals surface area contributed by atoms with Crippen LogP contribution in [0.2, 0.25) is 0 Å². The minimum Gasteiger partial charge on any atom is -0.394 e. The number of aliphatic hydroxyl groups is 1. The average Bonchev–Trinajstić information content (AvgIpc) is 2.52. The summed E-state index contributed by atoms with van der Waals surface area (Å²) in [5.74, 6) is 0. The molecule has 0 saturated heterocycles. The van der Waals surface area contributed by atoms with E-state index in [2.05, 4.69) is 0 Å². The highest BCUT2D eigenvalue weighted by Crippen LogP contribution is 2.49. The summed E-state index contributed by atoms with van der Waals surface area (Å²) < 4.78 is 21.9. The predicted octanol–water partition coefficient (Wildman–Crippen LogP) is 2.90. The molecule has 2 rings (SSSR count). The van der Waals surface area contributed by atoms with E-state index in [0.29, 0.717) is 0 Å². The van der Waals surface area contributed by atoms with Gasteiger partial charge in [0.1, 0.15) is 6.10 Å². The van der Waals surface area contributed by atoms with Gasteiger partial charge in [0.25, 0.3) is 0 Å². The Balaban J connectivity index is 2.27. The summed E-state index contributed by atoms with van der Waals surface area (Å²) in [6.45, 7) is -0.612. The van der Waals surface area contributed by atoms with Gasteiger partial charge in [-0.15, -0.1) is 0 Å². The van der Waals surface area contributed by atoms with Crippen LogP contribution < -0.4 is 0 Å². The summed E-state index contributed by atoms with van der Waals surface area (Å²) in [7, 11) is -4.26. The van der Waals surface area contributed by atoms with E-state index in [4.69, 9.17) is 14.2 Å². The van der Waals surface area contributed by atoms with Crippen molar-refractivity contribution < 1.29 is 23.6 Å². The van der Waals surface area contributed by atoms with Gasteiger partial charge in [-0.25, -0.2) is 4.57 Å². The number of phosphoric ester groups is 1. The van der Waals surface area contributed by atoms with Gasteiger partial charge in [-0.05, 0) is 11.1 Å². The molecule has 5 nitrogen and oxygen atoms in total. The first kappa shape index (κ1) is 15.9. The molecule has 1 atom stereocenters. The zero-order valence-corrected chi connectivity index (χ0v) is 12.2. The zero-order valence-electron chi connectivity index (χ0n) is 11.3. The minimum absolute atomic E-state index is 0.260. The lowest BCUT2D eigenvalue weighted by Crippen LogP contribution is -2.07. The monoisotopic (exact) mass is 308 g/mol. The Morgan fingerprint density at radius 3 is 1.86 bits per heavy atom. The van der Waals surface area contributed by atoms with Crippen molar-refractivity contribution in [2.24, 2.45) is 0 Å². The lowest BCUT2D eigenvalue weighted by molar-refractivity contribution is 0.103. The number of phosphoric acid groups is 1. The third-order valence-corrected chi connectivity index (χ3v) is 3.78. The van der Waals surface area contributed by atoms with Crippen LogP contribution in [-0.2, 0) is 13.6 Å². The van der Waals surface area contributed by atoms with E-state index in [0.717, 1.165) is 11.1 Å². The van der Waals surface area contributed by atoms with Gasteiger partial charge in [0, 0.05) is 0 Å². The van der Waals surface area contributed by atoms with Crippen LogP contribution in [-0.4, -0.2) is 23.2 Å². The molecule has 6 heteroatoms. The first-order chi connectivity index (χ1) is 10.1. The topological polar surface area (TPSA) is 76.0 Å². The Morgan fingerprint density at radius 2 is 1.43 bits per heavy atom. The van der Waals surface area contributed by atoms with Crippen LogP contribution in [0.1, 0.15) is 17.2 Å². The van der Waals surface area contributed by atoms with E-state index in [1.165, 1.54) is 0 Å². The van der Waals surface area contributed by atoms with Crippen LogP contribution >= 0.6 is 7.82 Å². The van der Waals surface area contributed by atoms with Crippen molar-refractivity contribution in [1.82, 2.24) is 0 Å². The molecule has 112 valence electrons. The molecule has 0 saturated carbocycles. The lowest BCUT2D eigenvalue weighted by Gasteiger charge is -2.21. The summed E-state index contributed by atoms with van der Waals surface area (Å²) in [4.78, 5) is 9.74. The van der Waals surface area contributed by atoms with Crippen molar-refractivity contribution in [2.75, 3.05) is 13.2 Å². The molecule has 0 aliphatic rings. The molecule has 1 unspecified atom stereocenters. The predicted molar refractivity (Wildman–Crippen MR) is 78.7 cm³/mol. The molecule has 0 heterocycles. The molecule has 0 radical (unpaired) electrons. The third kappa shape index (κ3) is 4.77. The zero-order chi connectivity index (χ0) is 15.1. The number of hydrogen-bond donors (Lipinski definition) is 2. The van der Waals surface area contributed by atoms with Gasteiger partial charge >= 0.3 is 7.82 Å². The van der Waals surface area contributed by atoms with Crippen LogP contribution in [0.15, 0.2) is 60.7 Å². The molecule has 0 amide bonds. The average molecular weight is 308 g/mol. The van der Waals surface area contributed by atoms with E-state index in [1.807, 2.05) is 60.7 Å². The fourth-order valence-electron chi connectivity index (χ4n) is 1.89. The number of benzene rings is 2. The molecule has 0 bridgehead atoms. The number of aliphatic hydroxyl groups excluding tert-OH is 1. The number of hydrogen-bond acceptors (Lipinski definition) is 4. The van der Waals surface area contributed by atoms with Gasteiger partial charge in [-0.2, -0.15) is 0 Å². The van der Waals surface area contributed by atoms with E-state index >= 15 is 0 Å². The summed E-state index contributed by atoms with van der Waals surface area (Å²) in [5, 5.41) is 8.68. The summed E-state index contributed by atoms with van der Waals surface area (Å²) in [6, 6.07) is 18.2. The molecule has 0 aliphatic carbocycles. The standard InChI is InChI=1S/C15H17O5P/c16-11-12-19-21(17,18)20-15(13-7-3-1-4-8-13)14-9-5-2-6-10-14/h1-10,15-16H,11-12H2,(H,17,18). The van der Waals surface area contributed by atoms with E-state index in [-0.39, 0.29) is 13.2 Å². The Labute approximate surface area is 123 Å². The maximum atomic E-state index is 11.9. The summed E-state index contributed by atoms with van der Waals surface area (Å²) in [6.07, 6.45) is -0.720. The van der Waals surface area contributed by atoms with E-state index in [1.54, 1.807) is 0 Å². The molecule has 2 N–H and O–H groups in total. The van der Waals surface area contributed by atoms with Crippen LogP contribution in [0.4, 0.5) is 0 Å². The fraction of sp³-hybridized carbons (Fsp3) is 0.200. The molecular weight excluding hydrogens is 291 g/mol. The second-order valence-electron chi connectivity index (χ2n) is 4.33. The highest BCUT2D eigenvalue weighted by molar-refractivity contribution is 7.47. The first-order valence-corrected chi connectivity index (χ1v) is 7.98. The summed E-state index contributed by atoms with van der Waals surface area (Å²) >= 11 is 0. The van der Waals surface area contributed by atoms with Crippen molar-refractivity contribution in [3.05, 3.63) is 71.8 Å². The van der Waals surface area contributed by atoms with E-state index in [9.17, 15) is 9.46 Å². The van der Waals surface area contributed by atoms with Crippen LogP contribution in [0.3, 0.4) is 0 Å². The van der Waals surface area contributed by atoms with Gasteiger partial charge in [0.15, 0.2) is 0 Å². The third-order valence-electron chi connectivity index (χ3n) is 2.79. The molecule has 0 aliphatic heterocycles. The van der Waals surface area contributed by atoms with Gasteiger partial charge in [0.2, 0.25) is 0 Å². The molecule has 0 fully saturated rings. The minimum atomic E-state index is -4.26. The maximum Gasteiger partial charge on any atom is 0.473 e. The van der Waals surface area contributed by atoms with Crippen molar-refractivity contribution in [3.8, 4) is 0 Å². The summed E-state index contributed by atoms with van der Waals surface area (Å²) in [5.41, 5.74) is 1.48. The van der Waals surface area contributed by atoms with Gasteiger partial charge < -0.3 is 10.00 Å².